The van der Waals surface area contributed by atoms with E-state index < -0.39 is 0 Å². The molecule has 0 bridgehead atoms. The Kier molecular flexibility index (Phi) is 3.87. The highest BCUT2D eigenvalue weighted by Crippen LogP contribution is 2.28. The number of hydrogen-bond donors (Lipinski definition) is 2. The molecule has 0 saturated carbocycles. The van der Waals surface area contributed by atoms with Crippen LogP contribution in [-0.4, -0.2) is 41.0 Å². The van der Waals surface area contributed by atoms with Crippen LogP contribution in [0.15, 0.2) is 36.7 Å². The highest BCUT2D eigenvalue weighted by Gasteiger charge is 2.28. The topological polar surface area (TPSA) is 70.2 Å². The van der Waals surface area contributed by atoms with Crippen LogP contribution in [0.1, 0.15) is 17.4 Å². The minimum Gasteiger partial charge on any atom is -0.492 e. The van der Waals surface area contributed by atoms with E-state index in [1.807, 2.05) is 24.3 Å². The summed E-state index contributed by atoms with van der Waals surface area (Å²) >= 11 is 0. The molecule has 1 aliphatic rings. The number of rotatable bonds is 3. The number of nitrogens with one attached hydrogen (secondary N) is 2. The average Bonchev–Trinajstić information content (AvgIpc) is 2.91. The molecule has 0 radical (unpaired) electrons. The summed E-state index contributed by atoms with van der Waals surface area (Å²) in [4.78, 5) is 21.5. The van der Waals surface area contributed by atoms with E-state index in [1.165, 1.54) is 0 Å². The molecule has 2 N–H and O–H groups in total. The molecule has 1 atom stereocenters. The second-order valence-corrected chi connectivity index (χ2v) is 5.00. The van der Waals surface area contributed by atoms with Crippen LogP contribution in [0.5, 0.6) is 5.75 Å². The summed E-state index contributed by atoms with van der Waals surface area (Å²) < 4.78 is 5.66. The second-order valence-electron chi connectivity index (χ2n) is 5.00. The maximum Gasteiger partial charge on any atom is 0.244 e. The maximum atomic E-state index is 12.7. The number of para-hydroxylation sites is 1. The summed E-state index contributed by atoms with van der Waals surface area (Å²) in [6, 6.07) is 7.27. The lowest BCUT2D eigenvalue weighted by Crippen LogP contribution is -2.38. The van der Waals surface area contributed by atoms with Crippen LogP contribution in [0.2, 0.25) is 0 Å². The molecule has 6 nitrogen and oxygen atoms in total. The first-order valence-electron chi connectivity index (χ1n) is 6.94. The van der Waals surface area contributed by atoms with E-state index in [-0.39, 0.29) is 11.9 Å². The molecule has 0 aliphatic carbocycles. The van der Waals surface area contributed by atoms with Crippen molar-refractivity contribution in [3.8, 4) is 5.75 Å². The lowest BCUT2D eigenvalue weighted by Gasteiger charge is -2.23. The van der Waals surface area contributed by atoms with Gasteiger partial charge in [-0.15, -0.1) is 0 Å². The monoisotopic (exact) mass is 286 g/mol. The molecule has 21 heavy (non-hydrogen) atoms. The van der Waals surface area contributed by atoms with Crippen LogP contribution in [0.25, 0.3) is 0 Å². The van der Waals surface area contributed by atoms with E-state index in [1.54, 1.807) is 24.3 Å². The number of aromatic nitrogens is 2. The predicted octanol–water partition coefficient (Wildman–Crippen LogP) is 1.09. The molecule has 1 aromatic carbocycles. The normalized spacial score (nSPS) is 17.5. The second kappa shape index (κ2) is 5.97. The van der Waals surface area contributed by atoms with Gasteiger partial charge >= 0.3 is 0 Å². The van der Waals surface area contributed by atoms with Crippen LogP contribution >= 0.6 is 0 Å². The van der Waals surface area contributed by atoms with Gasteiger partial charge in [-0.2, -0.15) is 0 Å². The number of likely N-dealkylation sites (N-methyl/N-ethyl adjacent to an activating group) is 1. The molecule has 0 spiro atoms. The van der Waals surface area contributed by atoms with E-state index in [0.717, 1.165) is 17.1 Å². The minimum absolute atomic E-state index is 0.00403. The lowest BCUT2D eigenvalue weighted by molar-refractivity contribution is -0.132. The predicted molar refractivity (Wildman–Crippen MR) is 77.7 cm³/mol. The zero-order valence-electron chi connectivity index (χ0n) is 11.9. The number of H-pyrrole nitrogens is 1. The summed E-state index contributed by atoms with van der Waals surface area (Å²) in [6.45, 7) is 1.65. The van der Waals surface area contributed by atoms with Crippen LogP contribution < -0.4 is 10.1 Å². The van der Waals surface area contributed by atoms with Crippen molar-refractivity contribution in [1.82, 2.24) is 20.2 Å². The lowest BCUT2D eigenvalue weighted by atomic mass is 10.0. The zero-order valence-corrected chi connectivity index (χ0v) is 11.9. The summed E-state index contributed by atoms with van der Waals surface area (Å²) in [6.07, 6.45) is 3.43. The number of nitrogens with zero attached hydrogens (tertiary/aromatic N) is 2. The Bertz CT molecular complexity index is 612. The molecule has 1 amide bonds. The number of ether oxygens (including phenoxy) is 1. The number of aromatic amines is 1. The number of carbonyl (C=O) groups is 1. The number of imidazole rings is 1. The Morgan fingerprint density at radius 1 is 1.48 bits per heavy atom. The van der Waals surface area contributed by atoms with Gasteiger partial charge in [-0.3, -0.25) is 10.1 Å². The van der Waals surface area contributed by atoms with Gasteiger partial charge in [0.1, 0.15) is 24.2 Å². The van der Waals surface area contributed by atoms with Crippen LogP contribution in [0.3, 0.4) is 0 Å². The van der Waals surface area contributed by atoms with E-state index in [4.69, 9.17) is 4.74 Å². The summed E-state index contributed by atoms with van der Waals surface area (Å²) in [7, 11) is 1.78. The van der Waals surface area contributed by atoms with E-state index in [9.17, 15) is 4.79 Å². The fourth-order valence-corrected chi connectivity index (χ4v) is 2.45. The molecule has 0 fully saturated rings. The number of benzene rings is 1. The Balaban J connectivity index is 1.80. The van der Waals surface area contributed by atoms with Crippen molar-refractivity contribution in [2.24, 2.45) is 0 Å². The molecular weight excluding hydrogens is 268 g/mol. The Labute approximate surface area is 123 Å². The van der Waals surface area contributed by atoms with Gasteiger partial charge in [-0.1, -0.05) is 18.2 Å². The number of fused-ring (bicyclic) bond motifs is 1. The molecule has 2 heterocycles. The fraction of sp³-hybridized carbons (Fsp3) is 0.333. The molecular formula is C15H18N4O2. The third-order valence-electron chi connectivity index (χ3n) is 3.50. The molecule has 110 valence electrons. The highest BCUT2D eigenvalue weighted by molar-refractivity contribution is 5.84. The summed E-state index contributed by atoms with van der Waals surface area (Å²) in [5.74, 6) is 1.54. The Hall–Kier alpha value is -2.34. The van der Waals surface area contributed by atoms with Crippen molar-refractivity contribution < 1.29 is 9.53 Å². The quantitative estimate of drug-likeness (QED) is 0.886. The molecule has 1 aromatic heterocycles. The average molecular weight is 286 g/mol. The van der Waals surface area contributed by atoms with E-state index in [0.29, 0.717) is 19.7 Å². The third-order valence-corrected chi connectivity index (χ3v) is 3.50. The minimum atomic E-state index is -0.385. The standard InChI is InChI=1S/C15H18N4O2/c1-19(10-13-16-6-7-17-13)15(20)14-11-4-2-3-5-12(11)21-9-8-18-14/h2-7,14,18H,8-10H2,1H3,(H,16,17). The van der Waals surface area contributed by atoms with Gasteiger partial charge in [0, 0.05) is 31.5 Å². The largest absolute Gasteiger partial charge is 0.492 e. The maximum absolute atomic E-state index is 12.7. The number of hydrogen-bond acceptors (Lipinski definition) is 4. The summed E-state index contributed by atoms with van der Waals surface area (Å²) in [5.41, 5.74) is 0.881. The number of carbonyl (C=O) groups excluding carboxylic acids is 1. The Morgan fingerprint density at radius 2 is 2.33 bits per heavy atom. The van der Waals surface area contributed by atoms with Crippen molar-refractivity contribution in [3.05, 3.63) is 48.0 Å². The van der Waals surface area contributed by atoms with Gasteiger partial charge < -0.3 is 14.6 Å². The van der Waals surface area contributed by atoms with Gasteiger partial charge in [0.15, 0.2) is 0 Å². The molecule has 1 unspecified atom stereocenters. The molecule has 2 aromatic rings. The van der Waals surface area contributed by atoms with Gasteiger partial charge in [0.05, 0.1) is 6.54 Å². The smallest absolute Gasteiger partial charge is 0.244 e. The van der Waals surface area contributed by atoms with Gasteiger partial charge in [0.25, 0.3) is 0 Å². The fourth-order valence-electron chi connectivity index (χ4n) is 2.45. The first kappa shape index (κ1) is 13.6. The van der Waals surface area contributed by atoms with Gasteiger partial charge in [-0.05, 0) is 6.07 Å². The number of amides is 1. The van der Waals surface area contributed by atoms with Crippen molar-refractivity contribution >= 4 is 5.91 Å². The first-order chi connectivity index (χ1) is 10.3. The van der Waals surface area contributed by atoms with Gasteiger partial charge in [0.2, 0.25) is 5.91 Å². The van der Waals surface area contributed by atoms with Crippen molar-refractivity contribution in [3.63, 3.8) is 0 Å². The van der Waals surface area contributed by atoms with Crippen molar-refractivity contribution in [2.45, 2.75) is 12.6 Å². The highest BCUT2D eigenvalue weighted by atomic mass is 16.5. The van der Waals surface area contributed by atoms with Crippen molar-refractivity contribution in [2.75, 3.05) is 20.2 Å². The Morgan fingerprint density at radius 3 is 3.14 bits per heavy atom. The van der Waals surface area contributed by atoms with Crippen molar-refractivity contribution in [1.29, 1.82) is 0 Å². The van der Waals surface area contributed by atoms with E-state index >= 15 is 0 Å². The molecule has 1 aliphatic heterocycles. The van der Waals surface area contributed by atoms with E-state index in [2.05, 4.69) is 15.3 Å². The molecule has 6 heteroatoms. The zero-order chi connectivity index (χ0) is 14.7. The summed E-state index contributed by atoms with van der Waals surface area (Å²) in [5, 5.41) is 3.25. The first-order valence-corrected chi connectivity index (χ1v) is 6.94. The molecule has 0 saturated heterocycles. The SMILES string of the molecule is CN(Cc1ncc[nH]1)C(=O)C1NCCOc2ccccc21. The van der Waals surface area contributed by atoms with Crippen LogP contribution in [0.4, 0.5) is 0 Å². The third kappa shape index (κ3) is 2.90. The molecule has 3 rings (SSSR count). The van der Waals surface area contributed by atoms with Gasteiger partial charge in [-0.25, -0.2) is 4.98 Å². The van der Waals surface area contributed by atoms with Crippen LogP contribution in [-0.2, 0) is 11.3 Å². The van der Waals surface area contributed by atoms with Crippen LogP contribution in [0, 0.1) is 0 Å².